The van der Waals surface area contributed by atoms with Crippen LogP contribution in [0.3, 0.4) is 0 Å². The number of hydrogen-bond donors (Lipinski definition) is 1. The predicted octanol–water partition coefficient (Wildman–Crippen LogP) is 3.56. The maximum absolute atomic E-state index is 5.62. The van der Waals surface area contributed by atoms with Gasteiger partial charge in [-0.2, -0.15) is 0 Å². The van der Waals surface area contributed by atoms with Gasteiger partial charge in [-0.1, -0.05) is 42.5 Å². The number of nitrogen functional groups attached to an aromatic ring is 1. The smallest absolute Gasteiger partial charge is 0.0314 e. The van der Waals surface area contributed by atoms with Gasteiger partial charge in [0.05, 0.1) is 0 Å². The highest BCUT2D eigenvalue weighted by Crippen LogP contribution is 2.15. The first-order chi connectivity index (χ1) is 7.34. The lowest BCUT2D eigenvalue weighted by atomic mass is 10.0. The molecule has 2 rings (SSSR count). The molecule has 1 nitrogen and oxygen atoms in total. The average Bonchev–Trinajstić information content (AvgIpc) is 2.30. The fourth-order valence-corrected chi connectivity index (χ4v) is 1.57. The van der Waals surface area contributed by atoms with Crippen LogP contribution in [0.25, 0.3) is 6.08 Å². The molecular formula is C14H15N. The Labute approximate surface area is 90.6 Å². The van der Waals surface area contributed by atoms with Gasteiger partial charge in [0.1, 0.15) is 0 Å². The minimum absolute atomic E-state index is 0.812. The zero-order valence-electron chi connectivity index (χ0n) is 8.69. The number of rotatable bonds is 2. The third-order valence-corrected chi connectivity index (χ3v) is 2.47. The van der Waals surface area contributed by atoms with Gasteiger partial charge in [-0.15, -0.1) is 0 Å². The van der Waals surface area contributed by atoms with Crippen molar-refractivity contribution < 1.29 is 0 Å². The van der Waals surface area contributed by atoms with Crippen molar-refractivity contribution in [3.63, 3.8) is 0 Å². The normalized spacial score (nSPS) is 15.6. The molecular weight excluding hydrogens is 182 g/mol. The summed E-state index contributed by atoms with van der Waals surface area (Å²) in [6.07, 6.45) is 13.1. The molecule has 1 heteroatoms. The van der Waals surface area contributed by atoms with E-state index in [1.165, 1.54) is 11.1 Å². The Hall–Kier alpha value is -1.76. The van der Waals surface area contributed by atoms with Crippen LogP contribution in [0.15, 0.2) is 54.1 Å². The quantitative estimate of drug-likeness (QED) is 0.721. The van der Waals surface area contributed by atoms with Crippen LogP contribution in [0.5, 0.6) is 0 Å². The van der Waals surface area contributed by atoms with Crippen molar-refractivity contribution in [2.75, 3.05) is 5.73 Å². The highest BCUT2D eigenvalue weighted by molar-refractivity contribution is 5.56. The number of allylic oxidation sites excluding steroid dienone is 5. The molecule has 76 valence electrons. The van der Waals surface area contributed by atoms with Gasteiger partial charge in [0.25, 0.3) is 0 Å². The van der Waals surface area contributed by atoms with E-state index in [1.807, 2.05) is 24.3 Å². The fourth-order valence-electron chi connectivity index (χ4n) is 1.57. The number of hydrogen-bond acceptors (Lipinski definition) is 1. The third-order valence-electron chi connectivity index (χ3n) is 2.47. The Kier molecular flexibility index (Phi) is 3.03. The second kappa shape index (κ2) is 4.65. The molecule has 0 bridgehead atoms. The zero-order chi connectivity index (χ0) is 10.5. The summed E-state index contributed by atoms with van der Waals surface area (Å²) in [6, 6.07) is 7.92. The van der Waals surface area contributed by atoms with E-state index >= 15 is 0 Å². The van der Waals surface area contributed by atoms with Crippen LogP contribution in [-0.4, -0.2) is 0 Å². The van der Waals surface area contributed by atoms with Crippen LogP contribution < -0.4 is 5.73 Å². The summed E-state index contributed by atoms with van der Waals surface area (Å²) in [5, 5.41) is 0. The van der Waals surface area contributed by atoms with Crippen molar-refractivity contribution in [2.24, 2.45) is 0 Å². The van der Waals surface area contributed by atoms with Crippen molar-refractivity contribution in [3.05, 3.63) is 59.7 Å². The molecule has 0 unspecified atom stereocenters. The van der Waals surface area contributed by atoms with Crippen LogP contribution in [0.4, 0.5) is 5.69 Å². The fraction of sp³-hybridized carbons (Fsp3) is 0.143. The van der Waals surface area contributed by atoms with Crippen molar-refractivity contribution in [1.29, 1.82) is 0 Å². The molecule has 0 aromatic heterocycles. The summed E-state index contributed by atoms with van der Waals surface area (Å²) >= 11 is 0. The molecule has 0 saturated heterocycles. The molecule has 0 atom stereocenters. The van der Waals surface area contributed by atoms with E-state index in [-0.39, 0.29) is 0 Å². The van der Waals surface area contributed by atoms with Crippen LogP contribution >= 0.6 is 0 Å². The van der Waals surface area contributed by atoms with Crippen molar-refractivity contribution >= 4 is 11.8 Å². The second-order valence-electron chi connectivity index (χ2n) is 3.71. The molecule has 1 aliphatic carbocycles. The standard InChI is InChI=1S/C14H15N/c15-14-10-8-13(9-11-14)7-6-12-4-2-1-3-5-12/h1-2,4,6-11H,3,5,15H2. The van der Waals surface area contributed by atoms with E-state index in [2.05, 4.69) is 30.4 Å². The van der Waals surface area contributed by atoms with Gasteiger partial charge in [-0.3, -0.25) is 0 Å². The maximum atomic E-state index is 5.62. The molecule has 1 aromatic rings. The Balaban J connectivity index is 2.07. The van der Waals surface area contributed by atoms with Crippen molar-refractivity contribution in [3.8, 4) is 0 Å². The summed E-state index contributed by atoms with van der Waals surface area (Å²) in [5.41, 5.74) is 9.01. The number of anilines is 1. The summed E-state index contributed by atoms with van der Waals surface area (Å²) in [7, 11) is 0. The molecule has 2 N–H and O–H groups in total. The summed E-state index contributed by atoms with van der Waals surface area (Å²) in [6.45, 7) is 0. The minimum Gasteiger partial charge on any atom is -0.399 e. The van der Waals surface area contributed by atoms with Gasteiger partial charge in [0.15, 0.2) is 0 Å². The van der Waals surface area contributed by atoms with E-state index in [0.717, 1.165) is 18.5 Å². The summed E-state index contributed by atoms with van der Waals surface area (Å²) in [5.74, 6) is 0. The van der Waals surface area contributed by atoms with Crippen LogP contribution in [-0.2, 0) is 0 Å². The van der Waals surface area contributed by atoms with Crippen molar-refractivity contribution in [1.82, 2.24) is 0 Å². The van der Waals surface area contributed by atoms with Crippen LogP contribution in [0, 0.1) is 0 Å². The topological polar surface area (TPSA) is 26.0 Å². The van der Waals surface area contributed by atoms with Gasteiger partial charge in [0, 0.05) is 5.69 Å². The Morgan fingerprint density at radius 2 is 1.87 bits per heavy atom. The number of benzene rings is 1. The lowest BCUT2D eigenvalue weighted by molar-refractivity contribution is 0.992. The second-order valence-corrected chi connectivity index (χ2v) is 3.71. The lowest BCUT2D eigenvalue weighted by Crippen LogP contribution is -1.84. The first-order valence-electron chi connectivity index (χ1n) is 5.24. The SMILES string of the molecule is Nc1ccc(C=CC2=CC=CCC2)cc1. The Bertz CT molecular complexity index is 407. The van der Waals surface area contributed by atoms with E-state index in [9.17, 15) is 0 Å². The largest absolute Gasteiger partial charge is 0.399 e. The Morgan fingerprint density at radius 1 is 1.07 bits per heavy atom. The highest BCUT2D eigenvalue weighted by atomic mass is 14.5. The van der Waals surface area contributed by atoms with Gasteiger partial charge in [0.2, 0.25) is 0 Å². The molecule has 0 heterocycles. The number of nitrogens with two attached hydrogens (primary N) is 1. The van der Waals surface area contributed by atoms with Crippen LogP contribution in [0.2, 0.25) is 0 Å². The zero-order valence-corrected chi connectivity index (χ0v) is 8.69. The molecule has 15 heavy (non-hydrogen) atoms. The molecule has 0 aliphatic heterocycles. The molecule has 1 aliphatic rings. The maximum Gasteiger partial charge on any atom is 0.0314 e. The van der Waals surface area contributed by atoms with E-state index < -0.39 is 0 Å². The van der Waals surface area contributed by atoms with Gasteiger partial charge >= 0.3 is 0 Å². The first kappa shape index (κ1) is 9.78. The van der Waals surface area contributed by atoms with Gasteiger partial charge < -0.3 is 5.73 Å². The highest BCUT2D eigenvalue weighted by Gasteiger charge is 1.94. The molecule has 0 radical (unpaired) electrons. The van der Waals surface area contributed by atoms with Crippen molar-refractivity contribution in [2.45, 2.75) is 12.8 Å². The molecule has 0 spiro atoms. The van der Waals surface area contributed by atoms with E-state index in [1.54, 1.807) is 0 Å². The lowest BCUT2D eigenvalue weighted by Gasteiger charge is -2.02. The van der Waals surface area contributed by atoms with Gasteiger partial charge in [-0.25, -0.2) is 0 Å². The average molecular weight is 197 g/mol. The predicted molar refractivity (Wildman–Crippen MR) is 66.3 cm³/mol. The first-order valence-corrected chi connectivity index (χ1v) is 5.24. The summed E-state index contributed by atoms with van der Waals surface area (Å²) < 4.78 is 0. The molecule has 0 amide bonds. The van der Waals surface area contributed by atoms with E-state index in [0.29, 0.717) is 0 Å². The monoisotopic (exact) mass is 197 g/mol. The van der Waals surface area contributed by atoms with E-state index in [4.69, 9.17) is 5.73 Å². The van der Waals surface area contributed by atoms with Crippen LogP contribution in [0.1, 0.15) is 18.4 Å². The molecule has 0 saturated carbocycles. The summed E-state index contributed by atoms with van der Waals surface area (Å²) in [4.78, 5) is 0. The molecule has 1 aromatic carbocycles. The molecule has 0 fully saturated rings. The van der Waals surface area contributed by atoms with Gasteiger partial charge in [-0.05, 0) is 36.1 Å². The Morgan fingerprint density at radius 3 is 2.53 bits per heavy atom. The minimum atomic E-state index is 0.812. The third kappa shape index (κ3) is 2.84.